The van der Waals surface area contributed by atoms with E-state index in [0.717, 1.165) is 0 Å². The van der Waals surface area contributed by atoms with Crippen LogP contribution >= 0.6 is 12.2 Å². The van der Waals surface area contributed by atoms with Gasteiger partial charge in [0.05, 0.1) is 7.11 Å². The second-order valence-electron chi connectivity index (χ2n) is 4.50. The van der Waals surface area contributed by atoms with Gasteiger partial charge in [-0.2, -0.15) is 0 Å². The van der Waals surface area contributed by atoms with Crippen molar-refractivity contribution in [2.75, 3.05) is 21.2 Å². The number of hydrogen-bond acceptors (Lipinski definition) is 5. The van der Waals surface area contributed by atoms with Crippen LogP contribution in [0, 0.1) is 0 Å². The number of hydrogen-bond donors (Lipinski definition) is 1. The Labute approximate surface area is 127 Å². The van der Waals surface area contributed by atoms with Gasteiger partial charge in [0.25, 0.3) is 11.8 Å². The maximum atomic E-state index is 12.2. The molecule has 110 valence electrons. The molecule has 6 nitrogen and oxygen atoms in total. The van der Waals surface area contributed by atoms with E-state index in [4.69, 9.17) is 17.0 Å². The number of thiocarbonyl (C=S) groups is 1. The number of amides is 2. The fourth-order valence-corrected chi connectivity index (χ4v) is 2.09. The van der Waals surface area contributed by atoms with Gasteiger partial charge in [-0.25, -0.2) is 0 Å². The maximum Gasteiger partial charge on any atom is 0.265 e. The lowest BCUT2D eigenvalue weighted by Crippen LogP contribution is -2.52. The summed E-state index contributed by atoms with van der Waals surface area (Å²) in [7, 11) is 4.45. The molecular weight excluding hydrogens is 292 g/mol. The molecular formula is C14H14N2O4S. The summed E-state index contributed by atoms with van der Waals surface area (Å²) >= 11 is 5.01. The van der Waals surface area contributed by atoms with Crippen LogP contribution in [-0.4, -0.2) is 53.0 Å². The number of carbonyl (C=O) groups is 2. The maximum absolute atomic E-state index is 12.2. The number of phenolic OH excluding ortho intramolecular Hbond substituents is 1. The van der Waals surface area contributed by atoms with Crippen molar-refractivity contribution < 1.29 is 19.4 Å². The molecule has 1 aromatic rings. The van der Waals surface area contributed by atoms with Crippen LogP contribution in [-0.2, 0) is 9.59 Å². The quantitative estimate of drug-likeness (QED) is 0.501. The zero-order valence-electron chi connectivity index (χ0n) is 11.8. The van der Waals surface area contributed by atoms with Crippen molar-refractivity contribution in [3.8, 4) is 11.5 Å². The molecule has 1 aliphatic heterocycles. The van der Waals surface area contributed by atoms with Crippen molar-refractivity contribution in [1.82, 2.24) is 9.80 Å². The fourth-order valence-electron chi connectivity index (χ4n) is 1.93. The van der Waals surface area contributed by atoms with E-state index in [9.17, 15) is 14.7 Å². The largest absolute Gasteiger partial charge is 0.504 e. The molecule has 2 rings (SSSR count). The molecule has 0 spiro atoms. The lowest BCUT2D eigenvalue weighted by molar-refractivity contribution is -0.132. The third-order valence-electron chi connectivity index (χ3n) is 3.16. The summed E-state index contributed by atoms with van der Waals surface area (Å²) in [5.41, 5.74) is 0.567. The number of likely N-dealkylation sites (N-methyl/N-ethyl adjacent to an activating group) is 2. The van der Waals surface area contributed by atoms with Gasteiger partial charge < -0.3 is 9.84 Å². The Morgan fingerprint density at radius 2 is 1.76 bits per heavy atom. The number of ether oxygens (including phenoxy) is 1. The summed E-state index contributed by atoms with van der Waals surface area (Å²) in [6, 6.07) is 4.55. The Bertz CT molecular complexity index is 643. The Morgan fingerprint density at radius 1 is 1.19 bits per heavy atom. The smallest absolute Gasteiger partial charge is 0.265 e. The average molecular weight is 306 g/mol. The summed E-state index contributed by atoms with van der Waals surface area (Å²) in [5, 5.41) is 9.71. The van der Waals surface area contributed by atoms with E-state index in [2.05, 4.69) is 0 Å². The normalized spacial score (nSPS) is 15.6. The molecule has 1 aromatic carbocycles. The Balaban J connectivity index is 2.46. The molecule has 7 heteroatoms. The van der Waals surface area contributed by atoms with Crippen LogP contribution in [0.3, 0.4) is 0 Å². The molecule has 1 N–H and O–H groups in total. The second kappa shape index (κ2) is 5.53. The molecule has 0 atom stereocenters. The predicted molar refractivity (Wildman–Crippen MR) is 80.8 cm³/mol. The van der Waals surface area contributed by atoms with Crippen LogP contribution in [0.25, 0.3) is 6.08 Å². The molecule has 0 bridgehead atoms. The molecule has 0 radical (unpaired) electrons. The number of phenols is 1. The molecule has 1 fully saturated rings. The first-order chi connectivity index (χ1) is 9.86. The van der Waals surface area contributed by atoms with Gasteiger partial charge in [-0.1, -0.05) is 6.07 Å². The Hall–Kier alpha value is -2.41. The highest BCUT2D eigenvalue weighted by atomic mass is 32.1. The van der Waals surface area contributed by atoms with Crippen LogP contribution in [0.4, 0.5) is 0 Å². The summed E-state index contributed by atoms with van der Waals surface area (Å²) in [4.78, 5) is 26.8. The highest BCUT2D eigenvalue weighted by Crippen LogP contribution is 2.28. The van der Waals surface area contributed by atoms with Gasteiger partial charge in [0.2, 0.25) is 0 Å². The molecule has 0 unspecified atom stereocenters. The third-order valence-corrected chi connectivity index (χ3v) is 3.71. The molecule has 21 heavy (non-hydrogen) atoms. The van der Waals surface area contributed by atoms with Gasteiger partial charge in [0.15, 0.2) is 16.6 Å². The van der Waals surface area contributed by atoms with Crippen LogP contribution in [0.1, 0.15) is 5.56 Å². The number of aromatic hydroxyl groups is 1. The summed E-state index contributed by atoms with van der Waals surface area (Å²) in [6.07, 6.45) is 1.45. The van der Waals surface area contributed by atoms with Crippen LogP contribution in [0.15, 0.2) is 23.8 Å². The van der Waals surface area contributed by atoms with E-state index in [0.29, 0.717) is 5.56 Å². The van der Waals surface area contributed by atoms with E-state index < -0.39 is 11.8 Å². The van der Waals surface area contributed by atoms with E-state index in [1.54, 1.807) is 6.07 Å². The third kappa shape index (κ3) is 2.59. The van der Waals surface area contributed by atoms with Crippen molar-refractivity contribution in [2.45, 2.75) is 0 Å². The van der Waals surface area contributed by atoms with Gasteiger partial charge in [-0.05, 0) is 36.0 Å². The van der Waals surface area contributed by atoms with Gasteiger partial charge >= 0.3 is 0 Å². The summed E-state index contributed by atoms with van der Waals surface area (Å²) in [5.74, 6) is -0.682. The summed E-state index contributed by atoms with van der Waals surface area (Å²) in [6.45, 7) is 0. The predicted octanol–water partition coefficient (Wildman–Crippen LogP) is 1.000. The zero-order valence-corrected chi connectivity index (χ0v) is 12.6. The minimum atomic E-state index is -0.463. The van der Waals surface area contributed by atoms with Crippen molar-refractivity contribution in [2.24, 2.45) is 0 Å². The number of carbonyl (C=O) groups excluding carboxylic acids is 2. The molecule has 2 amide bonds. The van der Waals surface area contributed by atoms with E-state index in [-0.39, 0.29) is 22.2 Å². The van der Waals surface area contributed by atoms with Gasteiger partial charge in [-0.15, -0.1) is 0 Å². The van der Waals surface area contributed by atoms with Crippen LogP contribution in [0.2, 0.25) is 0 Å². The molecule has 1 aliphatic rings. The van der Waals surface area contributed by atoms with E-state index in [1.807, 2.05) is 0 Å². The number of rotatable bonds is 2. The monoisotopic (exact) mass is 306 g/mol. The van der Waals surface area contributed by atoms with Gasteiger partial charge in [-0.3, -0.25) is 19.4 Å². The zero-order chi connectivity index (χ0) is 15.7. The number of methoxy groups -OCH3 is 1. The van der Waals surface area contributed by atoms with Crippen molar-refractivity contribution in [3.05, 3.63) is 29.3 Å². The number of nitrogens with zero attached hydrogens (tertiary/aromatic N) is 2. The minimum absolute atomic E-state index is 0.00124. The Morgan fingerprint density at radius 3 is 2.29 bits per heavy atom. The molecule has 0 aromatic heterocycles. The SMILES string of the molecule is COc1cc(C=C2C(=O)N(C)C(=S)N(C)C2=O)ccc1O. The highest BCUT2D eigenvalue weighted by Gasteiger charge is 2.35. The van der Waals surface area contributed by atoms with Gasteiger partial charge in [0, 0.05) is 14.1 Å². The van der Waals surface area contributed by atoms with Crippen LogP contribution < -0.4 is 4.74 Å². The highest BCUT2D eigenvalue weighted by molar-refractivity contribution is 7.80. The van der Waals surface area contributed by atoms with E-state index in [1.165, 1.54) is 49.2 Å². The Kier molecular flexibility index (Phi) is 3.95. The minimum Gasteiger partial charge on any atom is -0.504 e. The first-order valence-corrected chi connectivity index (χ1v) is 6.46. The van der Waals surface area contributed by atoms with Crippen molar-refractivity contribution >= 4 is 35.2 Å². The van der Waals surface area contributed by atoms with Crippen molar-refractivity contribution in [3.63, 3.8) is 0 Å². The molecule has 1 saturated heterocycles. The summed E-state index contributed by atoms with van der Waals surface area (Å²) < 4.78 is 5.00. The molecule has 0 saturated carbocycles. The number of benzene rings is 1. The lowest BCUT2D eigenvalue weighted by atomic mass is 10.1. The molecule has 0 aliphatic carbocycles. The fraction of sp³-hybridized carbons (Fsp3) is 0.214. The second-order valence-corrected chi connectivity index (χ2v) is 4.87. The van der Waals surface area contributed by atoms with Crippen molar-refractivity contribution in [1.29, 1.82) is 0 Å². The topological polar surface area (TPSA) is 70.1 Å². The standard InChI is InChI=1S/C14H14N2O4S/c1-15-12(18)9(13(19)16(2)14(15)21)6-8-4-5-10(17)11(7-8)20-3/h4-7,17H,1-3H3. The lowest BCUT2D eigenvalue weighted by Gasteiger charge is -2.31. The van der Waals surface area contributed by atoms with Gasteiger partial charge in [0.1, 0.15) is 5.57 Å². The van der Waals surface area contributed by atoms with Crippen LogP contribution in [0.5, 0.6) is 11.5 Å². The van der Waals surface area contributed by atoms with E-state index >= 15 is 0 Å². The average Bonchev–Trinajstić information content (AvgIpc) is 2.49. The molecule has 1 heterocycles. The first kappa shape index (κ1) is 15.0. The first-order valence-electron chi connectivity index (χ1n) is 6.05.